The quantitative estimate of drug-likeness (QED) is 0.665. The van der Waals surface area contributed by atoms with E-state index in [0.29, 0.717) is 16.2 Å². The highest BCUT2D eigenvalue weighted by atomic mass is 79.9. The van der Waals surface area contributed by atoms with Gasteiger partial charge in [-0.3, -0.25) is 4.98 Å². The molecule has 2 heteroatoms. The largest absolute Gasteiger partial charge is 0.261 e. The van der Waals surface area contributed by atoms with Gasteiger partial charge in [0.05, 0.1) is 0 Å². The van der Waals surface area contributed by atoms with Gasteiger partial charge in [-0.1, -0.05) is 49.2 Å². The van der Waals surface area contributed by atoms with Crippen LogP contribution in [0, 0.1) is 17.3 Å². The molecule has 3 rings (SSSR count). The summed E-state index contributed by atoms with van der Waals surface area (Å²) < 4.78 is 0. The van der Waals surface area contributed by atoms with E-state index < -0.39 is 0 Å². The Labute approximate surface area is 131 Å². The number of hydrogen-bond donors (Lipinski definition) is 0. The Morgan fingerprint density at radius 3 is 2.80 bits per heavy atom. The van der Waals surface area contributed by atoms with Gasteiger partial charge in [-0.2, -0.15) is 0 Å². The predicted octanol–water partition coefficient (Wildman–Crippen LogP) is 5.34. The number of fused-ring (bicyclic) bond motifs is 1. The summed E-state index contributed by atoms with van der Waals surface area (Å²) in [5, 5.41) is 0. The van der Waals surface area contributed by atoms with E-state index in [1.807, 2.05) is 6.20 Å². The molecule has 0 bridgehead atoms. The lowest BCUT2D eigenvalue weighted by atomic mass is 9.62. The van der Waals surface area contributed by atoms with Crippen LogP contribution in [0.15, 0.2) is 18.3 Å². The van der Waals surface area contributed by atoms with Crippen molar-refractivity contribution in [2.24, 2.45) is 17.3 Å². The molecule has 0 saturated heterocycles. The number of aromatic nitrogens is 1. The molecule has 20 heavy (non-hydrogen) atoms. The molecule has 1 aromatic rings. The van der Waals surface area contributed by atoms with E-state index in [1.165, 1.54) is 43.4 Å². The van der Waals surface area contributed by atoms with Crippen LogP contribution in [0.25, 0.3) is 0 Å². The van der Waals surface area contributed by atoms with Gasteiger partial charge in [0.25, 0.3) is 0 Å². The number of hydrogen-bond acceptors (Lipinski definition) is 1. The summed E-state index contributed by atoms with van der Waals surface area (Å²) in [7, 11) is 0. The number of halogens is 1. The van der Waals surface area contributed by atoms with Gasteiger partial charge in [-0.15, -0.1) is 0 Å². The summed E-state index contributed by atoms with van der Waals surface area (Å²) >= 11 is 4.00. The Bertz CT molecular complexity index is 482. The monoisotopic (exact) mass is 335 g/mol. The SMILES string of the molecule is CC1CCC(C(C)(C)C2CCc3cccnc32)C(Br)C1. The normalized spacial score (nSPS) is 34.0. The molecule has 1 saturated carbocycles. The Morgan fingerprint density at radius 2 is 2.05 bits per heavy atom. The van der Waals surface area contributed by atoms with Gasteiger partial charge >= 0.3 is 0 Å². The van der Waals surface area contributed by atoms with Crippen LogP contribution in [-0.4, -0.2) is 9.81 Å². The molecule has 0 aromatic carbocycles. The zero-order valence-electron chi connectivity index (χ0n) is 12.9. The number of aryl methyl sites for hydroxylation is 1. The summed E-state index contributed by atoms with van der Waals surface area (Å²) in [6.07, 6.45) is 8.55. The predicted molar refractivity (Wildman–Crippen MR) is 88.3 cm³/mol. The van der Waals surface area contributed by atoms with Crippen molar-refractivity contribution < 1.29 is 0 Å². The van der Waals surface area contributed by atoms with E-state index in [1.54, 1.807) is 0 Å². The van der Waals surface area contributed by atoms with Crippen molar-refractivity contribution in [3.63, 3.8) is 0 Å². The van der Waals surface area contributed by atoms with Crippen LogP contribution < -0.4 is 0 Å². The molecule has 1 fully saturated rings. The number of rotatable bonds is 2. The smallest absolute Gasteiger partial charge is 0.0471 e. The molecule has 4 unspecified atom stereocenters. The van der Waals surface area contributed by atoms with Crippen LogP contribution in [0.2, 0.25) is 0 Å². The molecule has 1 nitrogen and oxygen atoms in total. The number of pyridine rings is 1. The first kappa shape index (κ1) is 14.6. The van der Waals surface area contributed by atoms with Crippen molar-refractivity contribution in [1.29, 1.82) is 0 Å². The van der Waals surface area contributed by atoms with Gasteiger partial charge in [0.2, 0.25) is 0 Å². The number of nitrogens with zero attached hydrogens (tertiary/aromatic N) is 1. The fraction of sp³-hybridized carbons (Fsp3) is 0.722. The van der Waals surface area contributed by atoms with Crippen LogP contribution in [0.5, 0.6) is 0 Å². The van der Waals surface area contributed by atoms with E-state index >= 15 is 0 Å². The average molecular weight is 336 g/mol. The van der Waals surface area contributed by atoms with E-state index in [2.05, 4.69) is 48.8 Å². The molecule has 0 spiro atoms. The maximum atomic E-state index is 4.73. The molecule has 1 heterocycles. The lowest BCUT2D eigenvalue weighted by molar-refractivity contribution is 0.113. The van der Waals surface area contributed by atoms with Crippen molar-refractivity contribution in [3.8, 4) is 0 Å². The standard InChI is InChI=1S/C18H26BrN/c1-12-6-8-14(16(19)11-12)18(2,3)15-9-7-13-5-4-10-20-17(13)15/h4-5,10,12,14-16H,6-9,11H2,1-3H3. The average Bonchev–Trinajstić information content (AvgIpc) is 2.82. The van der Waals surface area contributed by atoms with Gasteiger partial charge in [0.1, 0.15) is 0 Å². The Balaban J connectivity index is 1.86. The molecule has 0 aliphatic heterocycles. The van der Waals surface area contributed by atoms with Crippen molar-refractivity contribution >= 4 is 15.9 Å². The minimum absolute atomic E-state index is 0.341. The second kappa shape index (κ2) is 5.44. The van der Waals surface area contributed by atoms with Gasteiger partial charge in [0.15, 0.2) is 0 Å². The molecule has 0 N–H and O–H groups in total. The van der Waals surface area contributed by atoms with E-state index in [-0.39, 0.29) is 0 Å². The van der Waals surface area contributed by atoms with E-state index in [9.17, 15) is 0 Å². The summed E-state index contributed by atoms with van der Waals surface area (Å²) in [4.78, 5) is 5.40. The minimum Gasteiger partial charge on any atom is -0.261 e. The third-order valence-corrected chi connectivity index (χ3v) is 6.86. The van der Waals surface area contributed by atoms with Crippen LogP contribution >= 0.6 is 15.9 Å². The van der Waals surface area contributed by atoms with Gasteiger partial charge in [0, 0.05) is 22.6 Å². The van der Waals surface area contributed by atoms with Crippen molar-refractivity contribution in [2.45, 2.75) is 63.6 Å². The topological polar surface area (TPSA) is 12.9 Å². The van der Waals surface area contributed by atoms with Gasteiger partial charge in [-0.05, 0) is 54.6 Å². The first-order valence-electron chi connectivity index (χ1n) is 8.08. The minimum atomic E-state index is 0.341. The molecule has 4 atom stereocenters. The Hall–Kier alpha value is -0.370. The molecule has 0 amide bonds. The maximum Gasteiger partial charge on any atom is 0.0471 e. The lowest BCUT2D eigenvalue weighted by Gasteiger charge is -2.45. The zero-order valence-corrected chi connectivity index (χ0v) is 14.5. The summed E-state index contributed by atoms with van der Waals surface area (Å²) in [6.45, 7) is 7.36. The van der Waals surface area contributed by atoms with Crippen molar-refractivity contribution in [3.05, 3.63) is 29.6 Å². The molecule has 1 aromatic heterocycles. The van der Waals surface area contributed by atoms with Crippen LogP contribution in [0.3, 0.4) is 0 Å². The number of alkyl halides is 1. The Kier molecular flexibility index (Phi) is 3.96. The highest BCUT2D eigenvalue weighted by Gasteiger charge is 2.45. The van der Waals surface area contributed by atoms with Gasteiger partial charge in [-0.25, -0.2) is 0 Å². The lowest BCUT2D eigenvalue weighted by Crippen LogP contribution is -2.39. The highest BCUT2D eigenvalue weighted by Crippen LogP contribution is 2.53. The first-order chi connectivity index (χ1) is 9.50. The third kappa shape index (κ3) is 2.45. The van der Waals surface area contributed by atoms with Gasteiger partial charge < -0.3 is 0 Å². The molecule has 2 aliphatic carbocycles. The van der Waals surface area contributed by atoms with Crippen LogP contribution in [0.1, 0.15) is 63.6 Å². The summed E-state index contributed by atoms with van der Waals surface area (Å²) in [6, 6.07) is 4.36. The maximum absolute atomic E-state index is 4.73. The fourth-order valence-corrected chi connectivity index (χ4v) is 6.13. The summed E-state index contributed by atoms with van der Waals surface area (Å²) in [5.74, 6) is 2.29. The zero-order chi connectivity index (χ0) is 14.3. The fourth-order valence-electron chi connectivity index (χ4n) is 4.54. The van der Waals surface area contributed by atoms with Crippen molar-refractivity contribution in [1.82, 2.24) is 4.98 Å². The third-order valence-electron chi connectivity index (χ3n) is 5.85. The van der Waals surface area contributed by atoms with E-state index in [4.69, 9.17) is 4.98 Å². The first-order valence-corrected chi connectivity index (χ1v) is 8.99. The highest BCUT2D eigenvalue weighted by molar-refractivity contribution is 9.09. The summed E-state index contributed by atoms with van der Waals surface area (Å²) in [5.41, 5.74) is 3.21. The van der Waals surface area contributed by atoms with Crippen LogP contribution in [-0.2, 0) is 6.42 Å². The second-order valence-electron chi connectivity index (χ2n) is 7.50. The molecular formula is C18H26BrN. The second-order valence-corrected chi connectivity index (χ2v) is 8.68. The molecule has 2 aliphatic rings. The van der Waals surface area contributed by atoms with Crippen molar-refractivity contribution in [2.75, 3.05) is 0 Å². The molecule has 0 radical (unpaired) electrons. The Morgan fingerprint density at radius 1 is 1.25 bits per heavy atom. The molecular weight excluding hydrogens is 310 g/mol. The van der Waals surface area contributed by atoms with E-state index in [0.717, 1.165) is 11.8 Å². The van der Waals surface area contributed by atoms with Crippen LogP contribution in [0.4, 0.5) is 0 Å². The molecule has 110 valence electrons.